The van der Waals surface area contributed by atoms with Gasteiger partial charge in [0.2, 0.25) is 0 Å². The zero-order chi connectivity index (χ0) is 11.4. The number of ketones is 1. The van der Waals surface area contributed by atoms with Gasteiger partial charge in [0.1, 0.15) is 5.82 Å². The van der Waals surface area contributed by atoms with Crippen molar-refractivity contribution in [3.63, 3.8) is 0 Å². The smallest absolute Gasteiger partial charge is 0.154 e. The predicted octanol–water partition coefficient (Wildman–Crippen LogP) is 2.41. The van der Waals surface area contributed by atoms with E-state index in [4.69, 9.17) is 0 Å². The van der Waals surface area contributed by atoms with Gasteiger partial charge in [0.15, 0.2) is 5.78 Å². The maximum atomic E-state index is 13.5. The van der Waals surface area contributed by atoms with Crippen molar-refractivity contribution < 1.29 is 9.18 Å². The minimum absolute atomic E-state index is 0.0325. The van der Waals surface area contributed by atoms with Crippen molar-refractivity contribution in [2.24, 2.45) is 0 Å². The maximum absolute atomic E-state index is 13.5. The molecule has 0 unspecified atom stereocenters. The summed E-state index contributed by atoms with van der Waals surface area (Å²) >= 11 is 0. The Balaban J connectivity index is 3.10. The minimum atomic E-state index is -0.476. The summed E-state index contributed by atoms with van der Waals surface area (Å²) in [5.74, 6) is -0.289. The second-order valence-corrected chi connectivity index (χ2v) is 3.71. The molecule has 0 amide bonds. The highest BCUT2D eigenvalue weighted by Gasteiger charge is 2.23. The summed E-state index contributed by atoms with van der Waals surface area (Å²) in [6.07, 6.45) is 0.414. The SMILES string of the molecule is CCC(=O)[C@@H](c1ccccc1F)N(C)C. The van der Waals surface area contributed by atoms with E-state index < -0.39 is 6.04 Å². The normalized spacial score (nSPS) is 12.9. The Morgan fingerprint density at radius 1 is 1.40 bits per heavy atom. The van der Waals surface area contributed by atoms with Gasteiger partial charge in [-0.05, 0) is 20.2 Å². The molecule has 0 fully saturated rings. The molecule has 1 aromatic carbocycles. The van der Waals surface area contributed by atoms with Crippen molar-refractivity contribution in [1.82, 2.24) is 4.90 Å². The average Bonchev–Trinajstić information content (AvgIpc) is 2.20. The molecule has 2 nitrogen and oxygen atoms in total. The lowest BCUT2D eigenvalue weighted by atomic mass is 10.00. The van der Waals surface area contributed by atoms with E-state index in [1.807, 2.05) is 0 Å². The van der Waals surface area contributed by atoms with Crippen LogP contribution in [0.2, 0.25) is 0 Å². The van der Waals surface area contributed by atoms with Crippen molar-refractivity contribution >= 4 is 5.78 Å². The number of likely N-dealkylation sites (N-methyl/N-ethyl adjacent to an activating group) is 1. The molecule has 82 valence electrons. The van der Waals surface area contributed by atoms with E-state index >= 15 is 0 Å². The van der Waals surface area contributed by atoms with Crippen LogP contribution in [-0.2, 0) is 4.79 Å². The van der Waals surface area contributed by atoms with Gasteiger partial charge in [-0.15, -0.1) is 0 Å². The Morgan fingerprint density at radius 2 is 2.00 bits per heavy atom. The van der Waals surface area contributed by atoms with Gasteiger partial charge in [-0.1, -0.05) is 25.1 Å². The lowest BCUT2D eigenvalue weighted by Crippen LogP contribution is -2.28. The standard InChI is InChI=1S/C12H16FNO/c1-4-11(15)12(14(2)3)9-7-5-6-8-10(9)13/h5-8,12H,4H2,1-3H3/t12-/m1/s1. The average molecular weight is 209 g/mol. The summed E-state index contributed by atoms with van der Waals surface area (Å²) in [7, 11) is 3.56. The number of carbonyl (C=O) groups is 1. The van der Waals surface area contributed by atoms with Crippen molar-refractivity contribution in [1.29, 1.82) is 0 Å². The molecule has 0 N–H and O–H groups in total. The Hall–Kier alpha value is -1.22. The number of benzene rings is 1. The van der Waals surface area contributed by atoms with E-state index in [0.29, 0.717) is 12.0 Å². The van der Waals surface area contributed by atoms with Crippen LogP contribution < -0.4 is 0 Å². The molecule has 0 bridgehead atoms. The second-order valence-electron chi connectivity index (χ2n) is 3.71. The number of halogens is 1. The number of nitrogens with zero attached hydrogens (tertiary/aromatic N) is 1. The van der Waals surface area contributed by atoms with Crippen LogP contribution in [0.1, 0.15) is 24.9 Å². The van der Waals surface area contributed by atoms with Crippen molar-refractivity contribution in [3.8, 4) is 0 Å². The van der Waals surface area contributed by atoms with Crippen molar-refractivity contribution in [2.75, 3.05) is 14.1 Å². The van der Waals surface area contributed by atoms with E-state index in [1.54, 1.807) is 44.1 Å². The number of rotatable bonds is 4. The lowest BCUT2D eigenvalue weighted by Gasteiger charge is -2.23. The first-order valence-corrected chi connectivity index (χ1v) is 5.01. The fraction of sp³-hybridized carbons (Fsp3) is 0.417. The third-order valence-corrected chi connectivity index (χ3v) is 2.37. The van der Waals surface area contributed by atoms with Crippen molar-refractivity contribution in [3.05, 3.63) is 35.6 Å². The number of hydrogen-bond acceptors (Lipinski definition) is 2. The van der Waals surface area contributed by atoms with Gasteiger partial charge in [-0.25, -0.2) is 4.39 Å². The van der Waals surface area contributed by atoms with Gasteiger partial charge in [0.05, 0.1) is 6.04 Å². The van der Waals surface area contributed by atoms with Gasteiger partial charge < -0.3 is 0 Å². The molecule has 0 heterocycles. The van der Waals surface area contributed by atoms with Crippen LogP contribution in [0.4, 0.5) is 4.39 Å². The summed E-state index contributed by atoms with van der Waals surface area (Å²) < 4.78 is 13.5. The van der Waals surface area contributed by atoms with Crippen LogP contribution in [0.3, 0.4) is 0 Å². The van der Waals surface area contributed by atoms with E-state index in [2.05, 4.69) is 0 Å². The first kappa shape index (κ1) is 11.9. The molecule has 0 spiro atoms. The van der Waals surface area contributed by atoms with Gasteiger partial charge in [0, 0.05) is 12.0 Å². The molecule has 1 rings (SSSR count). The minimum Gasteiger partial charge on any atom is -0.298 e. The van der Waals surface area contributed by atoms with E-state index in [9.17, 15) is 9.18 Å². The first-order chi connectivity index (χ1) is 7.07. The van der Waals surface area contributed by atoms with Gasteiger partial charge in [0.25, 0.3) is 0 Å². The van der Waals surface area contributed by atoms with E-state index in [-0.39, 0.29) is 11.6 Å². The summed E-state index contributed by atoms with van der Waals surface area (Å²) in [6, 6.07) is 5.94. The van der Waals surface area contributed by atoms with Gasteiger partial charge in [-0.3, -0.25) is 9.69 Å². The highest BCUT2D eigenvalue weighted by atomic mass is 19.1. The summed E-state index contributed by atoms with van der Waals surface area (Å²) in [4.78, 5) is 13.4. The molecule has 0 saturated carbocycles. The Kier molecular flexibility index (Phi) is 3.97. The molecule has 0 radical (unpaired) electrons. The van der Waals surface area contributed by atoms with Gasteiger partial charge >= 0.3 is 0 Å². The summed E-state index contributed by atoms with van der Waals surface area (Å²) in [5, 5.41) is 0. The fourth-order valence-corrected chi connectivity index (χ4v) is 1.63. The zero-order valence-electron chi connectivity index (χ0n) is 9.33. The molecule has 0 saturated heterocycles. The molecule has 15 heavy (non-hydrogen) atoms. The molecule has 0 aromatic heterocycles. The predicted molar refractivity (Wildman–Crippen MR) is 58.1 cm³/mol. The maximum Gasteiger partial charge on any atom is 0.154 e. The molecule has 0 aliphatic heterocycles. The molecule has 0 aliphatic rings. The monoisotopic (exact) mass is 209 g/mol. The molecular formula is C12H16FNO. The van der Waals surface area contributed by atoms with Gasteiger partial charge in [-0.2, -0.15) is 0 Å². The van der Waals surface area contributed by atoms with E-state index in [1.165, 1.54) is 6.07 Å². The second kappa shape index (κ2) is 5.03. The Morgan fingerprint density at radius 3 is 2.47 bits per heavy atom. The molecule has 0 aliphatic carbocycles. The lowest BCUT2D eigenvalue weighted by molar-refractivity contribution is -0.123. The van der Waals surface area contributed by atoms with Crippen LogP contribution in [0.15, 0.2) is 24.3 Å². The molecule has 1 aromatic rings. The number of carbonyl (C=O) groups excluding carboxylic acids is 1. The molecule has 1 atom stereocenters. The Bertz CT molecular complexity index is 349. The quantitative estimate of drug-likeness (QED) is 0.759. The third-order valence-electron chi connectivity index (χ3n) is 2.37. The van der Waals surface area contributed by atoms with Crippen LogP contribution >= 0.6 is 0 Å². The van der Waals surface area contributed by atoms with Crippen LogP contribution in [0, 0.1) is 5.82 Å². The van der Waals surface area contributed by atoms with Crippen molar-refractivity contribution in [2.45, 2.75) is 19.4 Å². The molecular weight excluding hydrogens is 193 g/mol. The van der Waals surface area contributed by atoms with Crippen LogP contribution in [0.25, 0.3) is 0 Å². The highest BCUT2D eigenvalue weighted by Crippen LogP contribution is 2.22. The van der Waals surface area contributed by atoms with Crippen LogP contribution in [0.5, 0.6) is 0 Å². The largest absolute Gasteiger partial charge is 0.298 e. The Labute approximate surface area is 89.7 Å². The zero-order valence-corrected chi connectivity index (χ0v) is 9.33. The summed E-state index contributed by atoms with van der Waals surface area (Å²) in [5.41, 5.74) is 0.453. The van der Waals surface area contributed by atoms with E-state index in [0.717, 1.165) is 0 Å². The summed E-state index contributed by atoms with van der Waals surface area (Å²) in [6.45, 7) is 1.79. The fourth-order valence-electron chi connectivity index (χ4n) is 1.63. The number of Topliss-reactive ketones (excluding diaryl/α,β-unsaturated/α-hetero) is 1. The number of hydrogen-bond donors (Lipinski definition) is 0. The van der Waals surface area contributed by atoms with Crippen LogP contribution in [-0.4, -0.2) is 24.8 Å². The first-order valence-electron chi connectivity index (χ1n) is 5.01. The third kappa shape index (κ3) is 2.63. The highest BCUT2D eigenvalue weighted by molar-refractivity contribution is 5.85. The molecule has 3 heteroatoms. The topological polar surface area (TPSA) is 20.3 Å².